The highest BCUT2D eigenvalue weighted by atomic mass is 32.1. The van der Waals surface area contributed by atoms with Gasteiger partial charge in [-0.05, 0) is 26.4 Å². The number of rotatable bonds is 5. The van der Waals surface area contributed by atoms with Gasteiger partial charge in [-0.25, -0.2) is 4.98 Å². The van der Waals surface area contributed by atoms with Gasteiger partial charge in [0.25, 0.3) is 0 Å². The van der Waals surface area contributed by atoms with E-state index in [4.69, 9.17) is 10.8 Å². The van der Waals surface area contributed by atoms with Crippen LogP contribution in [-0.2, 0) is 11.2 Å². The van der Waals surface area contributed by atoms with Crippen molar-refractivity contribution >= 4 is 17.3 Å². The molecular weight excluding hydrogens is 250 g/mol. The molecule has 1 aliphatic heterocycles. The van der Waals surface area contributed by atoms with Crippen molar-refractivity contribution in [2.24, 2.45) is 5.73 Å². The first-order valence-corrected chi connectivity index (χ1v) is 7.05. The Bertz CT molecular complexity index is 421. The number of likely N-dealkylation sites (tertiary alicyclic amines) is 1. The minimum Gasteiger partial charge on any atom is -0.480 e. The highest BCUT2D eigenvalue weighted by Gasteiger charge is 2.23. The predicted molar refractivity (Wildman–Crippen MR) is 70.9 cm³/mol. The number of hydrogen-bond donors (Lipinski definition) is 2. The van der Waals surface area contributed by atoms with Gasteiger partial charge >= 0.3 is 5.97 Å². The number of carbonyl (C=O) groups is 1. The smallest absolute Gasteiger partial charge is 0.320 e. The van der Waals surface area contributed by atoms with Crippen LogP contribution in [0.25, 0.3) is 0 Å². The molecule has 0 spiro atoms. The second-order valence-electron chi connectivity index (χ2n) is 4.90. The van der Waals surface area contributed by atoms with Gasteiger partial charge in [-0.2, -0.15) is 0 Å². The summed E-state index contributed by atoms with van der Waals surface area (Å²) in [5.41, 5.74) is 6.64. The fraction of sp³-hybridized carbons (Fsp3) is 0.667. The molecular formula is C12H19N3O2S. The number of nitrogens with two attached hydrogens (primary N) is 1. The number of carboxylic acid groups (broad SMARTS) is 1. The van der Waals surface area contributed by atoms with E-state index in [1.165, 1.54) is 0 Å². The van der Waals surface area contributed by atoms with Crippen molar-refractivity contribution in [2.45, 2.75) is 31.2 Å². The van der Waals surface area contributed by atoms with Crippen LogP contribution in [0.3, 0.4) is 0 Å². The fourth-order valence-corrected chi connectivity index (χ4v) is 3.10. The summed E-state index contributed by atoms with van der Waals surface area (Å²) in [6.07, 6.45) is 2.27. The molecule has 2 rings (SSSR count). The van der Waals surface area contributed by atoms with Crippen molar-refractivity contribution in [3.8, 4) is 0 Å². The van der Waals surface area contributed by atoms with Gasteiger partial charge in [0, 0.05) is 24.3 Å². The lowest BCUT2D eigenvalue weighted by atomic mass is 10.1. The monoisotopic (exact) mass is 269 g/mol. The highest BCUT2D eigenvalue weighted by molar-refractivity contribution is 7.09. The minimum absolute atomic E-state index is 0.451. The molecule has 100 valence electrons. The van der Waals surface area contributed by atoms with Gasteiger partial charge in [-0.3, -0.25) is 4.79 Å². The number of aromatic nitrogens is 1. The van der Waals surface area contributed by atoms with Crippen molar-refractivity contribution in [1.29, 1.82) is 0 Å². The van der Waals surface area contributed by atoms with Crippen LogP contribution in [0.15, 0.2) is 5.38 Å². The molecule has 0 bridgehead atoms. The zero-order valence-electron chi connectivity index (χ0n) is 10.5. The molecule has 1 saturated heterocycles. The van der Waals surface area contributed by atoms with E-state index in [0.29, 0.717) is 18.8 Å². The third kappa shape index (κ3) is 3.28. The summed E-state index contributed by atoms with van der Waals surface area (Å²) in [6.45, 7) is 2.19. The molecule has 18 heavy (non-hydrogen) atoms. The minimum atomic E-state index is -0.941. The van der Waals surface area contributed by atoms with Crippen LogP contribution in [0, 0.1) is 0 Å². The van der Waals surface area contributed by atoms with Crippen molar-refractivity contribution in [3.63, 3.8) is 0 Å². The summed E-state index contributed by atoms with van der Waals surface area (Å²) in [6, 6.07) is -0.782. The maximum atomic E-state index is 10.6. The SMILES string of the molecule is CN1CCC(c2csc(CCC(N)C(=O)O)n2)C1. The van der Waals surface area contributed by atoms with Crippen LogP contribution in [-0.4, -0.2) is 47.1 Å². The van der Waals surface area contributed by atoms with Gasteiger partial charge < -0.3 is 15.7 Å². The topological polar surface area (TPSA) is 79.5 Å². The molecule has 2 unspecified atom stereocenters. The molecule has 0 radical (unpaired) electrons. The van der Waals surface area contributed by atoms with Gasteiger partial charge in [0.1, 0.15) is 6.04 Å². The zero-order valence-corrected chi connectivity index (χ0v) is 11.3. The molecule has 5 nitrogen and oxygen atoms in total. The van der Waals surface area contributed by atoms with E-state index >= 15 is 0 Å². The Morgan fingerprint density at radius 1 is 1.78 bits per heavy atom. The Morgan fingerprint density at radius 2 is 2.56 bits per heavy atom. The first-order valence-electron chi connectivity index (χ1n) is 6.17. The molecule has 0 saturated carbocycles. The number of thiazole rings is 1. The lowest BCUT2D eigenvalue weighted by molar-refractivity contribution is -0.138. The molecule has 1 fully saturated rings. The summed E-state index contributed by atoms with van der Waals surface area (Å²) in [7, 11) is 2.12. The van der Waals surface area contributed by atoms with Gasteiger partial charge in [-0.15, -0.1) is 11.3 Å². The van der Waals surface area contributed by atoms with Crippen LogP contribution in [0.4, 0.5) is 0 Å². The number of nitrogens with zero attached hydrogens (tertiary/aromatic N) is 2. The van der Waals surface area contributed by atoms with E-state index in [2.05, 4.69) is 22.3 Å². The van der Waals surface area contributed by atoms with Crippen molar-refractivity contribution in [2.75, 3.05) is 20.1 Å². The van der Waals surface area contributed by atoms with E-state index in [0.717, 1.165) is 30.2 Å². The highest BCUT2D eigenvalue weighted by Crippen LogP contribution is 2.27. The Morgan fingerprint density at radius 3 is 3.17 bits per heavy atom. The van der Waals surface area contributed by atoms with Crippen LogP contribution in [0.5, 0.6) is 0 Å². The molecule has 6 heteroatoms. The van der Waals surface area contributed by atoms with Crippen LogP contribution in [0.2, 0.25) is 0 Å². The zero-order chi connectivity index (χ0) is 13.1. The standard InChI is InChI=1S/C12H19N3O2S/c1-15-5-4-8(6-15)10-7-18-11(14-10)3-2-9(13)12(16)17/h7-9H,2-6,13H2,1H3,(H,16,17). The second-order valence-corrected chi connectivity index (χ2v) is 5.84. The quantitative estimate of drug-likeness (QED) is 0.830. The molecule has 0 aromatic carbocycles. The average Bonchev–Trinajstić information content (AvgIpc) is 2.94. The number of aryl methyl sites for hydroxylation is 1. The Balaban J connectivity index is 1.88. The molecule has 0 amide bonds. The molecule has 1 aliphatic rings. The van der Waals surface area contributed by atoms with Gasteiger partial charge in [0.15, 0.2) is 0 Å². The number of carboxylic acids is 1. The maximum Gasteiger partial charge on any atom is 0.320 e. The summed E-state index contributed by atoms with van der Waals surface area (Å²) in [4.78, 5) is 17.5. The van der Waals surface area contributed by atoms with Crippen LogP contribution in [0.1, 0.15) is 29.5 Å². The Hall–Kier alpha value is -0.980. The summed E-state index contributed by atoms with van der Waals surface area (Å²) in [5, 5.41) is 11.8. The lowest BCUT2D eigenvalue weighted by Crippen LogP contribution is -2.30. The first-order chi connectivity index (χ1) is 8.56. The lowest BCUT2D eigenvalue weighted by Gasteiger charge is -2.07. The van der Waals surface area contributed by atoms with Gasteiger partial charge in [0.05, 0.1) is 10.7 Å². The van der Waals surface area contributed by atoms with E-state index in [9.17, 15) is 4.79 Å². The molecule has 1 aromatic heterocycles. The number of hydrogen-bond acceptors (Lipinski definition) is 5. The van der Waals surface area contributed by atoms with Crippen molar-refractivity contribution in [3.05, 3.63) is 16.1 Å². The Kier molecular flexibility index (Phi) is 4.31. The molecule has 1 aromatic rings. The molecule has 2 heterocycles. The number of aliphatic carboxylic acids is 1. The van der Waals surface area contributed by atoms with Gasteiger partial charge in [0.2, 0.25) is 0 Å². The van der Waals surface area contributed by atoms with Crippen molar-refractivity contribution < 1.29 is 9.90 Å². The van der Waals surface area contributed by atoms with E-state index in [1.54, 1.807) is 11.3 Å². The normalized spacial score (nSPS) is 22.2. The molecule has 3 N–H and O–H groups in total. The van der Waals surface area contributed by atoms with Crippen molar-refractivity contribution in [1.82, 2.24) is 9.88 Å². The second kappa shape index (κ2) is 5.77. The average molecular weight is 269 g/mol. The van der Waals surface area contributed by atoms with Gasteiger partial charge in [-0.1, -0.05) is 0 Å². The van der Waals surface area contributed by atoms with E-state index in [-0.39, 0.29) is 0 Å². The van der Waals surface area contributed by atoms with Crippen LogP contribution >= 0.6 is 11.3 Å². The molecule has 0 aliphatic carbocycles. The maximum absolute atomic E-state index is 10.6. The third-order valence-electron chi connectivity index (χ3n) is 3.37. The largest absolute Gasteiger partial charge is 0.480 e. The summed E-state index contributed by atoms with van der Waals surface area (Å²) in [5.74, 6) is -0.405. The van der Waals surface area contributed by atoms with E-state index < -0.39 is 12.0 Å². The predicted octanol–water partition coefficient (Wildman–Crippen LogP) is 0.907. The first kappa shape index (κ1) is 13.5. The Labute approximate surface area is 111 Å². The van der Waals surface area contributed by atoms with Crippen LogP contribution < -0.4 is 5.73 Å². The molecule has 2 atom stereocenters. The summed E-state index contributed by atoms with van der Waals surface area (Å²) >= 11 is 1.61. The number of likely N-dealkylation sites (N-methyl/N-ethyl adjacent to an activating group) is 1. The fourth-order valence-electron chi connectivity index (χ4n) is 2.21. The summed E-state index contributed by atoms with van der Waals surface area (Å²) < 4.78 is 0. The third-order valence-corrected chi connectivity index (χ3v) is 4.29. The van der Waals surface area contributed by atoms with E-state index in [1.807, 2.05) is 0 Å².